The van der Waals surface area contributed by atoms with E-state index in [2.05, 4.69) is 20.1 Å². The summed E-state index contributed by atoms with van der Waals surface area (Å²) in [6.07, 6.45) is 3.80. The zero-order chi connectivity index (χ0) is 35.5. The molecule has 1 unspecified atom stereocenters. The number of carboxylic acid groups (broad SMARTS) is 1. The van der Waals surface area contributed by atoms with Crippen LogP contribution in [-0.4, -0.2) is 51.3 Å². The normalized spacial score (nSPS) is 16.4. The molecule has 47 heavy (non-hydrogen) atoms. The maximum atomic E-state index is 12.4. The zero-order valence-corrected chi connectivity index (χ0v) is 29.3. The predicted molar refractivity (Wildman–Crippen MR) is 193 cm³/mol. The van der Waals surface area contributed by atoms with Crippen LogP contribution in [0.3, 0.4) is 0 Å². The minimum Gasteiger partial charge on any atom is -0.508 e. The van der Waals surface area contributed by atoms with Crippen LogP contribution in [0, 0.1) is 20.8 Å². The van der Waals surface area contributed by atoms with Crippen LogP contribution >= 0.6 is 11.8 Å². The molecule has 0 aromatic heterocycles. The van der Waals surface area contributed by atoms with Gasteiger partial charge in [0.2, 0.25) is 0 Å². The van der Waals surface area contributed by atoms with Crippen molar-refractivity contribution in [3.63, 3.8) is 0 Å². The maximum Gasteiger partial charge on any atom is 0.338 e. The van der Waals surface area contributed by atoms with Crippen molar-refractivity contribution in [3.05, 3.63) is 143 Å². The van der Waals surface area contributed by atoms with Gasteiger partial charge in [-0.25, -0.2) is 14.4 Å². The van der Waals surface area contributed by atoms with Gasteiger partial charge in [-0.2, -0.15) is 0 Å². The zero-order valence-electron chi connectivity index (χ0n) is 28.5. The fourth-order valence-electron chi connectivity index (χ4n) is 3.99. The molecule has 3 aromatic rings. The molecule has 252 valence electrons. The number of carbonyl (C=O) groups is 3. The number of rotatable bonds is 8. The highest BCUT2D eigenvalue weighted by Gasteiger charge is 2.36. The fraction of sp³-hybridized carbons (Fsp3) is 0.308. The highest BCUT2D eigenvalue weighted by atomic mass is 32.2. The van der Waals surface area contributed by atoms with Crippen LogP contribution in [-0.2, 0) is 9.47 Å². The van der Waals surface area contributed by atoms with Gasteiger partial charge in [0.25, 0.3) is 0 Å². The summed E-state index contributed by atoms with van der Waals surface area (Å²) in [5, 5.41) is 17.4. The number of carboxylic acids is 1. The van der Waals surface area contributed by atoms with Crippen LogP contribution in [0.2, 0.25) is 0 Å². The van der Waals surface area contributed by atoms with Gasteiger partial charge < -0.3 is 19.7 Å². The molecular weight excluding hydrogens is 612 g/mol. The van der Waals surface area contributed by atoms with Crippen LogP contribution < -0.4 is 0 Å². The molecule has 8 heteroatoms. The van der Waals surface area contributed by atoms with Crippen LogP contribution in [0.25, 0.3) is 0 Å². The van der Waals surface area contributed by atoms with Gasteiger partial charge in [-0.3, -0.25) is 0 Å². The number of ether oxygens (including phenoxy) is 2. The molecule has 1 aliphatic heterocycles. The molecule has 0 bridgehead atoms. The van der Waals surface area contributed by atoms with Crippen molar-refractivity contribution >= 4 is 29.7 Å². The average molecular weight is 661 g/mol. The van der Waals surface area contributed by atoms with Gasteiger partial charge in [0.15, 0.2) is 0 Å². The average Bonchev–Trinajstić information content (AvgIpc) is 3.40. The van der Waals surface area contributed by atoms with Gasteiger partial charge in [0.05, 0.1) is 21.9 Å². The number of aliphatic hydroxyl groups is 1. The van der Waals surface area contributed by atoms with Gasteiger partial charge in [-0.15, -0.1) is 11.8 Å². The Hall–Kier alpha value is -4.56. The van der Waals surface area contributed by atoms with E-state index in [-0.39, 0.29) is 35.7 Å². The summed E-state index contributed by atoms with van der Waals surface area (Å²) in [6, 6.07) is 21.4. The smallest absolute Gasteiger partial charge is 0.338 e. The summed E-state index contributed by atoms with van der Waals surface area (Å²) >= 11 is 1.70. The molecule has 0 aliphatic carbocycles. The summed E-state index contributed by atoms with van der Waals surface area (Å²) < 4.78 is 11.2. The highest BCUT2D eigenvalue weighted by molar-refractivity contribution is 8.00. The summed E-state index contributed by atoms with van der Waals surface area (Å²) in [5.41, 5.74) is 5.42. The largest absolute Gasteiger partial charge is 0.508 e. The van der Waals surface area contributed by atoms with Gasteiger partial charge in [-0.05, 0) is 76.1 Å². The summed E-state index contributed by atoms with van der Waals surface area (Å²) in [5.74, 6) is -1.45. The van der Waals surface area contributed by atoms with Gasteiger partial charge in [0.1, 0.15) is 18.5 Å². The van der Waals surface area contributed by atoms with Gasteiger partial charge in [-0.1, -0.05) is 99.2 Å². The van der Waals surface area contributed by atoms with Crippen molar-refractivity contribution in [2.24, 2.45) is 0 Å². The van der Waals surface area contributed by atoms with Crippen molar-refractivity contribution in [2.75, 3.05) is 6.61 Å². The van der Waals surface area contributed by atoms with E-state index in [0.717, 1.165) is 28.7 Å². The topological polar surface area (TPSA) is 110 Å². The molecule has 2 N–H and O–H groups in total. The number of carbonyl (C=O) groups excluding carboxylic acids is 2. The number of allylic oxidation sites excluding steroid dienone is 3. The first-order valence-corrected chi connectivity index (χ1v) is 16.4. The van der Waals surface area contributed by atoms with Crippen LogP contribution in [0.1, 0.15) is 81.9 Å². The Balaban J connectivity index is 0.000000452. The Bertz CT molecular complexity index is 1470. The predicted octanol–water partition coefficient (Wildman–Crippen LogP) is 9.49. The number of esters is 2. The summed E-state index contributed by atoms with van der Waals surface area (Å²) in [6.45, 7) is 20.7. The Morgan fingerprint density at radius 1 is 0.809 bits per heavy atom. The molecule has 1 aliphatic rings. The number of thioether (sulfide) groups is 1. The molecule has 0 spiro atoms. The first-order valence-electron chi connectivity index (χ1n) is 15.4. The first kappa shape index (κ1) is 40.5. The third kappa shape index (κ3) is 15.1. The standard InChI is InChI=1S/C22H24O4S.C8H8O2.C7H10O.C2H6/c1-14-4-8-17(9-5-14)21(23)25-13-20-19(12-16(3)27-20)26-22(24)18-10-6-15(2)7-11-18;1-6-2-4-7(5-3-6)8(9)10;1-4-5-6(2)7(3)8;1-2/h4-11,16,19-20H,12-13H2,1-3H3;2-5H,1H3,(H,9,10);4-5,8H,1,3H2,2H3;1-2H3/b;;6-5+;/t16?,19-,20+;;;/m1.../s1. The Labute approximate surface area is 284 Å². The third-order valence-corrected chi connectivity index (χ3v) is 8.17. The highest BCUT2D eigenvalue weighted by Crippen LogP contribution is 2.36. The Kier molecular flexibility index (Phi) is 18.3. The van der Waals surface area contributed by atoms with Crippen molar-refractivity contribution in [3.8, 4) is 0 Å². The second-order valence-corrected chi connectivity index (χ2v) is 12.4. The second-order valence-electron chi connectivity index (χ2n) is 10.7. The number of aromatic carboxylic acids is 1. The number of hydrogen-bond donors (Lipinski definition) is 2. The molecule has 1 saturated heterocycles. The lowest BCUT2D eigenvalue weighted by Crippen LogP contribution is -2.29. The van der Waals surface area contributed by atoms with E-state index in [4.69, 9.17) is 19.7 Å². The third-order valence-electron chi connectivity index (χ3n) is 6.72. The number of aryl methyl sites for hydroxylation is 3. The van der Waals surface area contributed by atoms with E-state index in [1.54, 1.807) is 79.4 Å². The summed E-state index contributed by atoms with van der Waals surface area (Å²) in [4.78, 5) is 35.0. The van der Waals surface area contributed by atoms with Crippen LogP contribution in [0.5, 0.6) is 0 Å². The monoisotopic (exact) mass is 660 g/mol. The van der Waals surface area contributed by atoms with E-state index < -0.39 is 5.97 Å². The lowest BCUT2D eigenvalue weighted by Gasteiger charge is -2.19. The van der Waals surface area contributed by atoms with Gasteiger partial charge in [0, 0.05) is 5.25 Å². The molecule has 7 nitrogen and oxygen atoms in total. The number of aliphatic hydroxyl groups excluding tert-OH is 1. The fourth-order valence-corrected chi connectivity index (χ4v) is 5.37. The molecule has 3 aromatic carbocycles. The minimum absolute atomic E-state index is 0.0520. The summed E-state index contributed by atoms with van der Waals surface area (Å²) in [7, 11) is 0. The van der Waals surface area contributed by atoms with Crippen molar-refractivity contribution in [2.45, 2.75) is 71.5 Å². The lowest BCUT2D eigenvalue weighted by atomic mass is 10.1. The minimum atomic E-state index is -0.875. The van der Waals surface area contributed by atoms with E-state index in [1.165, 1.54) is 0 Å². The van der Waals surface area contributed by atoms with E-state index in [0.29, 0.717) is 21.9 Å². The molecule has 1 heterocycles. The van der Waals surface area contributed by atoms with Crippen molar-refractivity contribution in [1.29, 1.82) is 0 Å². The SMILES string of the molecule is C=C/C=C(\C)C(=C)O.CC.Cc1ccc(C(=O)O)cc1.Cc1ccc(C(=O)OC[C@@H]2SC(C)C[C@H]2OC(=O)c2ccc(C)cc2)cc1. The van der Waals surface area contributed by atoms with Crippen LogP contribution in [0.15, 0.2) is 109 Å². The molecule has 4 rings (SSSR count). The number of benzene rings is 3. The quantitative estimate of drug-likeness (QED) is 0.140. The maximum absolute atomic E-state index is 12.4. The van der Waals surface area contributed by atoms with Crippen molar-refractivity contribution in [1.82, 2.24) is 0 Å². The lowest BCUT2D eigenvalue weighted by molar-refractivity contribution is 0.0213. The number of hydrogen-bond acceptors (Lipinski definition) is 7. The molecule has 1 fully saturated rings. The van der Waals surface area contributed by atoms with E-state index >= 15 is 0 Å². The Morgan fingerprint density at radius 2 is 1.23 bits per heavy atom. The van der Waals surface area contributed by atoms with Gasteiger partial charge >= 0.3 is 17.9 Å². The molecule has 0 amide bonds. The van der Waals surface area contributed by atoms with E-state index in [9.17, 15) is 14.4 Å². The Morgan fingerprint density at radius 3 is 1.62 bits per heavy atom. The second kappa shape index (κ2) is 21.3. The first-order chi connectivity index (χ1) is 22.3. The molecule has 0 saturated carbocycles. The molecule has 3 atom stereocenters. The molecule has 0 radical (unpaired) electrons. The van der Waals surface area contributed by atoms with Crippen LogP contribution in [0.4, 0.5) is 0 Å². The van der Waals surface area contributed by atoms with Crippen molar-refractivity contribution < 1.29 is 34.1 Å². The van der Waals surface area contributed by atoms with E-state index in [1.807, 2.05) is 58.9 Å². The molecular formula is C39H48O7S.